The van der Waals surface area contributed by atoms with Crippen molar-refractivity contribution in [3.63, 3.8) is 0 Å². The summed E-state index contributed by atoms with van der Waals surface area (Å²) in [5.41, 5.74) is 3.04. The molecule has 0 fully saturated rings. The van der Waals surface area contributed by atoms with Gasteiger partial charge in [-0.1, -0.05) is 42.5 Å². The number of amides is 2. The van der Waals surface area contributed by atoms with E-state index in [1.807, 2.05) is 42.6 Å². The Labute approximate surface area is 204 Å². The van der Waals surface area contributed by atoms with Crippen LogP contribution in [0.2, 0.25) is 0 Å². The van der Waals surface area contributed by atoms with E-state index >= 15 is 0 Å². The van der Waals surface area contributed by atoms with Crippen molar-refractivity contribution in [2.75, 3.05) is 11.8 Å². The number of hydrogen-bond acceptors (Lipinski definition) is 7. The van der Waals surface area contributed by atoms with Crippen LogP contribution in [-0.4, -0.2) is 38.9 Å². The van der Waals surface area contributed by atoms with Crippen LogP contribution in [0.5, 0.6) is 0 Å². The fourth-order valence-electron chi connectivity index (χ4n) is 3.31. The van der Waals surface area contributed by atoms with Gasteiger partial charge in [0.2, 0.25) is 5.91 Å². The molecule has 1 heterocycles. The molecule has 0 radical (unpaired) electrons. The standard InChI is InChI=1S/C23H26N4O5S2/c1-15-14-33-22(24-15)20(13-17-8-10-18(11-9-17)27-34(30)31)25-21(28)19(26-23(29)32-2)12-16-6-4-3-5-7-16/h3-11,14,19-20,27H,12-13H2,1-2H3,(H,25,28)(H,26,29)(H,30,31)/p-1/t19-,20-/m0/s1. The van der Waals surface area contributed by atoms with Crippen molar-refractivity contribution in [3.05, 3.63) is 81.8 Å². The monoisotopic (exact) mass is 501 g/mol. The Balaban J connectivity index is 1.79. The van der Waals surface area contributed by atoms with Crippen LogP contribution in [0.25, 0.3) is 0 Å². The highest BCUT2D eigenvalue weighted by Gasteiger charge is 2.26. The number of benzene rings is 2. The number of rotatable bonds is 10. The van der Waals surface area contributed by atoms with Gasteiger partial charge in [0.05, 0.1) is 13.2 Å². The first-order valence-electron chi connectivity index (χ1n) is 10.4. The summed E-state index contributed by atoms with van der Waals surface area (Å²) in [6.07, 6.45) is 0.0185. The van der Waals surface area contributed by atoms with Gasteiger partial charge in [-0.05, 0) is 36.6 Å². The molecule has 0 saturated carbocycles. The van der Waals surface area contributed by atoms with Crippen LogP contribution in [0, 0.1) is 6.92 Å². The number of ether oxygens (including phenoxy) is 1. The van der Waals surface area contributed by atoms with E-state index in [4.69, 9.17) is 4.74 Å². The number of methoxy groups -OCH3 is 1. The van der Waals surface area contributed by atoms with Crippen LogP contribution in [-0.2, 0) is 33.6 Å². The SMILES string of the molecule is COC(=O)N[C@@H](Cc1ccccc1)C(=O)N[C@@H](Cc1ccc(NS(=O)[O-])cc1)c1nc(C)cs1. The highest BCUT2D eigenvalue weighted by molar-refractivity contribution is 7.80. The predicted molar refractivity (Wildman–Crippen MR) is 130 cm³/mol. The van der Waals surface area contributed by atoms with E-state index in [1.165, 1.54) is 18.4 Å². The van der Waals surface area contributed by atoms with E-state index < -0.39 is 29.4 Å². The average molecular weight is 502 g/mol. The smallest absolute Gasteiger partial charge is 0.407 e. The van der Waals surface area contributed by atoms with Gasteiger partial charge in [0.1, 0.15) is 11.0 Å². The van der Waals surface area contributed by atoms with Crippen molar-refractivity contribution >= 4 is 40.3 Å². The molecule has 0 aliphatic heterocycles. The van der Waals surface area contributed by atoms with Crippen molar-refractivity contribution in [2.24, 2.45) is 0 Å². The normalized spacial score (nSPS) is 13.4. The molecule has 1 aromatic heterocycles. The first kappa shape index (κ1) is 25.3. The number of carbonyl (C=O) groups is 2. The summed E-state index contributed by atoms with van der Waals surface area (Å²) in [7, 11) is 1.24. The maximum atomic E-state index is 13.3. The van der Waals surface area contributed by atoms with E-state index in [0.717, 1.165) is 21.8 Å². The van der Waals surface area contributed by atoms with Crippen LogP contribution in [0.4, 0.5) is 10.5 Å². The van der Waals surface area contributed by atoms with Gasteiger partial charge in [-0.25, -0.2) is 9.78 Å². The Hall–Kier alpha value is -3.28. The molecule has 9 nitrogen and oxygen atoms in total. The van der Waals surface area contributed by atoms with E-state index in [2.05, 4.69) is 20.3 Å². The van der Waals surface area contributed by atoms with Crippen LogP contribution in [0.15, 0.2) is 60.0 Å². The maximum absolute atomic E-state index is 13.3. The highest BCUT2D eigenvalue weighted by atomic mass is 32.2. The lowest BCUT2D eigenvalue weighted by molar-refractivity contribution is -0.123. The molecule has 1 unspecified atom stereocenters. The highest BCUT2D eigenvalue weighted by Crippen LogP contribution is 2.23. The van der Waals surface area contributed by atoms with Gasteiger partial charge in [0, 0.05) is 34.4 Å². The van der Waals surface area contributed by atoms with Gasteiger partial charge in [-0.15, -0.1) is 11.3 Å². The second-order valence-electron chi connectivity index (χ2n) is 7.50. The molecule has 34 heavy (non-hydrogen) atoms. The van der Waals surface area contributed by atoms with Crippen molar-refractivity contribution in [2.45, 2.75) is 31.8 Å². The summed E-state index contributed by atoms with van der Waals surface area (Å²) >= 11 is -0.974. The van der Waals surface area contributed by atoms with E-state index in [1.54, 1.807) is 24.3 Å². The number of carbonyl (C=O) groups excluding carboxylic acids is 2. The van der Waals surface area contributed by atoms with Gasteiger partial charge in [-0.2, -0.15) is 0 Å². The van der Waals surface area contributed by atoms with Gasteiger partial charge >= 0.3 is 6.09 Å². The molecule has 11 heteroatoms. The molecule has 180 valence electrons. The summed E-state index contributed by atoms with van der Waals surface area (Å²) in [4.78, 5) is 29.7. The zero-order valence-electron chi connectivity index (χ0n) is 18.6. The summed E-state index contributed by atoms with van der Waals surface area (Å²) in [6, 6.07) is 14.9. The first-order valence-corrected chi connectivity index (χ1v) is 12.3. The lowest BCUT2D eigenvalue weighted by atomic mass is 10.0. The molecule has 0 aliphatic carbocycles. The molecule has 2 aromatic carbocycles. The van der Waals surface area contributed by atoms with E-state index in [9.17, 15) is 18.4 Å². The molecular formula is C23H25N4O5S2-. The minimum absolute atomic E-state index is 0.290. The van der Waals surface area contributed by atoms with Gasteiger partial charge in [-0.3, -0.25) is 9.00 Å². The minimum atomic E-state index is -2.41. The van der Waals surface area contributed by atoms with Crippen LogP contribution in [0.1, 0.15) is 27.9 Å². The second-order valence-corrected chi connectivity index (χ2v) is 9.07. The number of aromatic nitrogens is 1. The maximum Gasteiger partial charge on any atom is 0.407 e. The third-order valence-electron chi connectivity index (χ3n) is 4.92. The van der Waals surface area contributed by atoms with Crippen LogP contribution in [0.3, 0.4) is 0 Å². The largest absolute Gasteiger partial charge is 0.755 e. The Kier molecular flexibility index (Phi) is 9.14. The predicted octanol–water partition coefficient (Wildman–Crippen LogP) is 3.02. The number of nitrogens with one attached hydrogen (secondary N) is 3. The van der Waals surface area contributed by atoms with Crippen molar-refractivity contribution in [3.8, 4) is 0 Å². The number of nitrogens with zero attached hydrogens (tertiary/aromatic N) is 1. The fraction of sp³-hybridized carbons (Fsp3) is 0.261. The van der Waals surface area contributed by atoms with Crippen molar-refractivity contribution in [1.82, 2.24) is 15.6 Å². The van der Waals surface area contributed by atoms with Gasteiger partial charge in [0.15, 0.2) is 0 Å². The Bertz CT molecular complexity index is 1120. The lowest BCUT2D eigenvalue weighted by Gasteiger charge is -2.22. The molecule has 3 atom stereocenters. The molecular weight excluding hydrogens is 476 g/mol. The van der Waals surface area contributed by atoms with E-state index in [-0.39, 0.29) is 12.3 Å². The Morgan fingerprint density at radius 3 is 2.32 bits per heavy atom. The molecule has 3 aromatic rings. The van der Waals surface area contributed by atoms with Crippen LogP contribution < -0.4 is 15.4 Å². The first-order chi connectivity index (χ1) is 16.3. The molecule has 0 spiro atoms. The second kappa shape index (κ2) is 12.3. The van der Waals surface area contributed by atoms with Gasteiger partial charge < -0.3 is 24.6 Å². The molecule has 0 bridgehead atoms. The summed E-state index contributed by atoms with van der Waals surface area (Å²) in [5.74, 6) is -0.368. The number of anilines is 1. The minimum Gasteiger partial charge on any atom is -0.755 e. The lowest BCUT2D eigenvalue weighted by Crippen LogP contribution is -2.49. The van der Waals surface area contributed by atoms with Crippen LogP contribution >= 0.6 is 11.3 Å². The molecule has 0 aliphatic rings. The third kappa shape index (κ3) is 7.65. The molecule has 3 N–H and O–H groups in total. The molecule has 3 rings (SSSR count). The Morgan fingerprint density at radius 2 is 1.74 bits per heavy atom. The summed E-state index contributed by atoms with van der Waals surface area (Å²) in [6.45, 7) is 1.87. The third-order valence-corrected chi connectivity index (χ3v) is 6.40. The Morgan fingerprint density at radius 1 is 1.06 bits per heavy atom. The van der Waals surface area contributed by atoms with E-state index in [0.29, 0.717) is 12.1 Å². The zero-order valence-corrected chi connectivity index (χ0v) is 20.3. The summed E-state index contributed by atoms with van der Waals surface area (Å²) < 4.78 is 28.7. The van der Waals surface area contributed by atoms with Crippen molar-refractivity contribution < 1.29 is 23.1 Å². The van der Waals surface area contributed by atoms with Crippen molar-refractivity contribution in [1.29, 1.82) is 0 Å². The summed E-state index contributed by atoms with van der Waals surface area (Å²) in [5, 5.41) is 8.25. The zero-order chi connectivity index (χ0) is 24.5. The molecule has 0 saturated heterocycles. The number of hydrogen-bond donors (Lipinski definition) is 3. The number of aryl methyl sites for hydroxylation is 1. The average Bonchev–Trinajstić information content (AvgIpc) is 3.25. The number of thiazole rings is 1. The quantitative estimate of drug-likeness (QED) is 0.366. The van der Waals surface area contributed by atoms with Gasteiger partial charge in [0.25, 0.3) is 0 Å². The fourth-order valence-corrected chi connectivity index (χ4v) is 4.48. The number of alkyl carbamates (subject to hydrolysis) is 1. The topological polar surface area (TPSA) is 132 Å². The molecule has 2 amide bonds.